The van der Waals surface area contributed by atoms with Crippen LogP contribution in [0.4, 0.5) is 10.5 Å². The quantitative estimate of drug-likeness (QED) is 0.294. The molecule has 0 heterocycles. The van der Waals surface area contributed by atoms with Crippen molar-refractivity contribution in [2.45, 2.75) is 58.7 Å². The zero-order chi connectivity index (χ0) is 30.2. The number of nitrogens with one attached hydrogen (secondary N) is 2. The second-order valence-electron chi connectivity index (χ2n) is 10.6. The van der Waals surface area contributed by atoms with Crippen LogP contribution in [0.3, 0.4) is 0 Å². The predicted molar refractivity (Wildman–Crippen MR) is 163 cm³/mol. The highest BCUT2D eigenvalue weighted by molar-refractivity contribution is 6.34. The molecule has 41 heavy (non-hydrogen) atoms. The molecule has 0 aromatic heterocycles. The summed E-state index contributed by atoms with van der Waals surface area (Å²) in [7, 11) is 0. The highest BCUT2D eigenvalue weighted by atomic mass is 35.5. The summed E-state index contributed by atoms with van der Waals surface area (Å²) in [5.41, 5.74) is 2.21. The molecule has 0 saturated carbocycles. The van der Waals surface area contributed by atoms with E-state index in [4.69, 9.17) is 22.8 Å². The van der Waals surface area contributed by atoms with Gasteiger partial charge in [0.25, 0.3) is 5.91 Å². The summed E-state index contributed by atoms with van der Waals surface area (Å²) < 4.78 is 5.46. The number of rotatable bonds is 9. The number of halogens is 1. The lowest BCUT2D eigenvalue weighted by molar-refractivity contribution is -0.140. The number of amides is 3. The van der Waals surface area contributed by atoms with Crippen LogP contribution in [0.5, 0.6) is 0 Å². The van der Waals surface area contributed by atoms with Crippen molar-refractivity contribution in [1.29, 1.82) is 0 Å². The molecule has 0 aliphatic carbocycles. The van der Waals surface area contributed by atoms with Crippen LogP contribution in [0.25, 0.3) is 0 Å². The van der Waals surface area contributed by atoms with Crippen LogP contribution in [0.1, 0.15) is 56.0 Å². The van der Waals surface area contributed by atoms with Gasteiger partial charge in [0.1, 0.15) is 17.7 Å². The Morgan fingerprint density at radius 2 is 1.66 bits per heavy atom. The van der Waals surface area contributed by atoms with E-state index in [1.165, 1.54) is 4.90 Å². The molecule has 0 bridgehead atoms. The number of terminal acetylenes is 1. The maximum atomic E-state index is 14.3. The Balaban J connectivity index is 2.07. The number of alkyl carbamates (subject to hydrolysis) is 1. The Kier molecular flexibility index (Phi) is 10.6. The Morgan fingerprint density at radius 3 is 2.27 bits per heavy atom. The van der Waals surface area contributed by atoms with E-state index in [1.54, 1.807) is 64.1 Å². The van der Waals surface area contributed by atoms with Crippen molar-refractivity contribution in [2.75, 3.05) is 11.9 Å². The molecule has 214 valence electrons. The average molecular weight is 574 g/mol. The van der Waals surface area contributed by atoms with Gasteiger partial charge >= 0.3 is 6.09 Å². The topological polar surface area (TPSA) is 87.7 Å². The Labute approximate surface area is 247 Å². The molecule has 0 radical (unpaired) electrons. The van der Waals surface area contributed by atoms with Gasteiger partial charge in [0.2, 0.25) is 5.91 Å². The summed E-state index contributed by atoms with van der Waals surface area (Å²) in [6, 6.07) is 19.4. The van der Waals surface area contributed by atoms with Gasteiger partial charge in [-0.2, -0.15) is 0 Å². The van der Waals surface area contributed by atoms with Crippen LogP contribution < -0.4 is 10.6 Å². The maximum absolute atomic E-state index is 14.3. The van der Waals surface area contributed by atoms with E-state index in [9.17, 15) is 14.4 Å². The van der Waals surface area contributed by atoms with E-state index < -0.39 is 35.6 Å². The number of carbonyl (C=O) groups excluding carboxylic acids is 3. The van der Waals surface area contributed by atoms with Gasteiger partial charge in [0, 0.05) is 18.5 Å². The number of hydrogen-bond acceptors (Lipinski definition) is 4. The summed E-state index contributed by atoms with van der Waals surface area (Å²) in [5, 5.41) is 6.01. The van der Waals surface area contributed by atoms with Gasteiger partial charge in [-0.25, -0.2) is 4.79 Å². The number of nitrogens with zero attached hydrogens (tertiary/aromatic N) is 1. The van der Waals surface area contributed by atoms with E-state index in [-0.39, 0.29) is 13.0 Å². The molecule has 0 fully saturated rings. The molecule has 2 N–H and O–H groups in total. The average Bonchev–Trinajstić information content (AvgIpc) is 2.92. The van der Waals surface area contributed by atoms with Crippen molar-refractivity contribution in [2.24, 2.45) is 0 Å². The second kappa shape index (κ2) is 13.9. The highest BCUT2D eigenvalue weighted by Gasteiger charge is 2.37. The standard InChI is InChI=1S/C33H36ClN3O4/c1-7-24-18-12-13-19-25(24)29(30(38)36-28-22(3)15-14-20-26(28)34)37(8-2)31(39)27(21-23-16-10-9-11-17-23)35-32(40)41-33(4,5)6/h1,9-20,27,29H,8,21H2,2-6H3,(H,35,40)(H,36,38). The molecule has 2 atom stereocenters. The number of likely N-dealkylation sites (N-methyl/N-ethyl adjacent to an activating group) is 1. The molecule has 3 amide bonds. The van der Waals surface area contributed by atoms with E-state index in [1.807, 2.05) is 43.3 Å². The van der Waals surface area contributed by atoms with Crippen molar-refractivity contribution in [3.8, 4) is 12.3 Å². The summed E-state index contributed by atoms with van der Waals surface area (Å²) >= 11 is 6.42. The van der Waals surface area contributed by atoms with Gasteiger partial charge in [-0.05, 0) is 63.4 Å². The first-order valence-corrected chi connectivity index (χ1v) is 13.8. The van der Waals surface area contributed by atoms with Gasteiger partial charge in [0.15, 0.2) is 0 Å². The van der Waals surface area contributed by atoms with Crippen molar-refractivity contribution < 1.29 is 19.1 Å². The lowest BCUT2D eigenvalue weighted by Crippen LogP contribution is -2.53. The van der Waals surface area contributed by atoms with Crippen LogP contribution >= 0.6 is 11.6 Å². The Morgan fingerprint density at radius 1 is 1.00 bits per heavy atom. The van der Waals surface area contributed by atoms with Crippen LogP contribution in [0.2, 0.25) is 5.02 Å². The number of benzene rings is 3. The van der Waals surface area contributed by atoms with E-state index in [2.05, 4.69) is 16.6 Å². The van der Waals surface area contributed by atoms with Gasteiger partial charge in [0.05, 0.1) is 10.7 Å². The van der Waals surface area contributed by atoms with Gasteiger partial charge in [-0.3, -0.25) is 9.59 Å². The van der Waals surface area contributed by atoms with Crippen LogP contribution in [-0.4, -0.2) is 41.0 Å². The van der Waals surface area contributed by atoms with Crippen LogP contribution in [0, 0.1) is 19.3 Å². The summed E-state index contributed by atoms with van der Waals surface area (Å²) in [4.78, 5) is 42.6. The maximum Gasteiger partial charge on any atom is 0.408 e. The Bertz CT molecular complexity index is 1410. The molecule has 8 heteroatoms. The van der Waals surface area contributed by atoms with Gasteiger partial charge in [-0.1, -0.05) is 78.2 Å². The molecule has 0 spiro atoms. The molecular formula is C33H36ClN3O4. The summed E-state index contributed by atoms with van der Waals surface area (Å²) in [6.45, 7) is 8.98. The van der Waals surface area contributed by atoms with Crippen molar-refractivity contribution in [1.82, 2.24) is 10.2 Å². The van der Waals surface area contributed by atoms with E-state index in [0.29, 0.717) is 21.8 Å². The molecule has 0 saturated heterocycles. The minimum Gasteiger partial charge on any atom is -0.444 e. The van der Waals surface area contributed by atoms with Gasteiger partial charge < -0.3 is 20.3 Å². The highest BCUT2D eigenvalue weighted by Crippen LogP contribution is 2.30. The largest absolute Gasteiger partial charge is 0.444 e. The number of aryl methyl sites for hydroxylation is 1. The number of hydrogen-bond donors (Lipinski definition) is 2. The zero-order valence-electron chi connectivity index (χ0n) is 24.0. The molecular weight excluding hydrogens is 538 g/mol. The van der Waals surface area contributed by atoms with E-state index in [0.717, 1.165) is 11.1 Å². The first-order chi connectivity index (χ1) is 19.4. The van der Waals surface area contributed by atoms with Crippen molar-refractivity contribution >= 4 is 35.2 Å². The van der Waals surface area contributed by atoms with Crippen LogP contribution in [-0.2, 0) is 20.7 Å². The third-order valence-electron chi connectivity index (χ3n) is 6.34. The monoisotopic (exact) mass is 573 g/mol. The number of carbonyl (C=O) groups is 3. The summed E-state index contributed by atoms with van der Waals surface area (Å²) in [5.74, 6) is 1.67. The fourth-order valence-electron chi connectivity index (χ4n) is 4.46. The number of anilines is 1. The first kappa shape index (κ1) is 31.3. The fourth-order valence-corrected chi connectivity index (χ4v) is 4.73. The number of ether oxygens (including phenoxy) is 1. The van der Waals surface area contributed by atoms with Gasteiger partial charge in [-0.15, -0.1) is 6.42 Å². The normalized spacial score (nSPS) is 12.4. The third-order valence-corrected chi connectivity index (χ3v) is 6.65. The molecule has 3 aromatic carbocycles. The fraction of sp³-hybridized carbons (Fsp3) is 0.303. The minimum atomic E-state index is -1.12. The lowest BCUT2D eigenvalue weighted by atomic mass is 9.96. The van der Waals surface area contributed by atoms with E-state index >= 15 is 0 Å². The molecule has 3 rings (SSSR count). The van der Waals surface area contributed by atoms with Crippen molar-refractivity contribution in [3.05, 3.63) is 100 Å². The SMILES string of the molecule is C#Cc1ccccc1C(C(=O)Nc1c(C)cccc1Cl)N(CC)C(=O)C(Cc1ccccc1)NC(=O)OC(C)(C)C. The zero-order valence-corrected chi connectivity index (χ0v) is 24.8. The van der Waals surface area contributed by atoms with Crippen LogP contribution in [0.15, 0.2) is 72.8 Å². The molecule has 2 unspecified atom stereocenters. The second-order valence-corrected chi connectivity index (χ2v) is 11.0. The lowest BCUT2D eigenvalue weighted by Gasteiger charge is -2.34. The third kappa shape index (κ3) is 8.36. The predicted octanol–water partition coefficient (Wildman–Crippen LogP) is 6.29. The van der Waals surface area contributed by atoms with Crippen molar-refractivity contribution in [3.63, 3.8) is 0 Å². The first-order valence-electron chi connectivity index (χ1n) is 13.4. The molecule has 3 aromatic rings. The molecule has 7 nitrogen and oxygen atoms in total. The Hall–Kier alpha value is -4.28. The number of para-hydroxylation sites is 1. The smallest absolute Gasteiger partial charge is 0.408 e. The summed E-state index contributed by atoms with van der Waals surface area (Å²) in [6.07, 6.45) is 5.26. The molecule has 0 aliphatic heterocycles. The minimum absolute atomic E-state index is 0.151. The molecule has 0 aliphatic rings.